The number of nitrogens with zero attached hydrogens (tertiary/aromatic N) is 2. The first-order valence-electron chi connectivity index (χ1n) is 11.2. The molecule has 0 aliphatic heterocycles. The number of aromatic nitrogens is 1. The molecule has 2 amide bonds. The zero-order valence-corrected chi connectivity index (χ0v) is 20.8. The number of benzene rings is 3. The lowest BCUT2D eigenvalue weighted by molar-refractivity contribution is -0.274. The molecule has 1 aromatic heterocycles. The number of pyridine rings is 1. The number of rotatable bonds is 8. The van der Waals surface area contributed by atoms with Gasteiger partial charge in [0.2, 0.25) is 0 Å². The molecule has 3 aromatic carbocycles. The molecule has 4 aromatic rings. The molecule has 0 bridgehead atoms. The van der Waals surface area contributed by atoms with Gasteiger partial charge in [-0.2, -0.15) is 0 Å². The van der Waals surface area contributed by atoms with Crippen LogP contribution in [-0.2, 0) is 0 Å². The van der Waals surface area contributed by atoms with Gasteiger partial charge in [-0.25, -0.2) is 9.78 Å². The molecular weight excluding hydrogens is 517 g/mol. The summed E-state index contributed by atoms with van der Waals surface area (Å²) in [6.07, 6.45) is -3.07. The highest BCUT2D eigenvalue weighted by Crippen LogP contribution is 2.28. The molecule has 0 radical (unpaired) electrons. The lowest BCUT2D eigenvalue weighted by Crippen LogP contribution is -2.20. The lowest BCUT2D eigenvalue weighted by atomic mass is 10.2. The highest BCUT2D eigenvalue weighted by Gasteiger charge is 2.30. The standard InChI is InChI=1S/C26H23F3N6O2S/c1-35(21-13-14-31-24(16-21)32-19-3-2-4-23(15-19)38-30)20-9-5-17(6-10-20)33-25(36)34-18-7-11-22(12-8-18)37-26(27,28)29/h2-16H,30H2,1H3,(H,31,32)(H2,33,34,36). The molecule has 5 N–H and O–H groups in total. The van der Waals surface area contributed by atoms with Crippen molar-refractivity contribution in [2.45, 2.75) is 11.3 Å². The first-order chi connectivity index (χ1) is 18.2. The second-order valence-corrected chi connectivity index (χ2v) is 8.63. The fourth-order valence-corrected chi connectivity index (χ4v) is 3.79. The average Bonchev–Trinajstić information content (AvgIpc) is 2.89. The van der Waals surface area contributed by atoms with Crippen LogP contribution in [-0.4, -0.2) is 24.4 Å². The largest absolute Gasteiger partial charge is 0.573 e. The summed E-state index contributed by atoms with van der Waals surface area (Å²) < 4.78 is 40.6. The summed E-state index contributed by atoms with van der Waals surface area (Å²) in [6.45, 7) is 0. The van der Waals surface area contributed by atoms with E-state index >= 15 is 0 Å². The fourth-order valence-electron chi connectivity index (χ4n) is 3.44. The van der Waals surface area contributed by atoms with Crippen molar-refractivity contribution in [3.8, 4) is 5.75 Å². The number of hydrogen-bond acceptors (Lipinski definition) is 7. The minimum absolute atomic E-state index is 0.309. The Balaban J connectivity index is 1.35. The van der Waals surface area contributed by atoms with Crippen molar-refractivity contribution in [3.05, 3.63) is 91.1 Å². The van der Waals surface area contributed by atoms with E-state index in [0.717, 1.165) is 34.1 Å². The fraction of sp³-hybridized carbons (Fsp3) is 0.0769. The molecule has 0 saturated carbocycles. The summed E-state index contributed by atoms with van der Waals surface area (Å²) in [6, 6.07) is 22.9. The van der Waals surface area contributed by atoms with Gasteiger partial charge in [0.15, 0.2) is 0 Å². The lowest BCUT2D eigenvalue weighted by Gasteiger charge is -2.20. The number of anilines is 6. The Morgan fingerprint density at radius 3 is 2.18 bits per heavy atom. The first-order valence-corrected chi connectivity index (χ1v) is 12.0. The molecule has 0 fully saturated rings. The third kappa shape index (κ3) is 7.54. The van der Waals surface area contributed by atoms with Gasteiger partial charge < -0.3 is 25.6 Å². The van der Waals surface area contributed by atoms with Crippen LogP contribution in [0.4, 0.5) is 52.2 Å². The summed E-state index contributed by atoms with van der Waals surface area (Å²) in [4.78, 5) is 19.6. The van der Waals surface area contributed by atoms with E-state index in [0.29, 0.717) is 17.2 Å². The Morgan fingerprint density at radius 2 is 1.55 bits per heavy atom. The average molecular weight is 541 g/mol. The maximum atomic E-state index is 12.3. The number of hydrogen-bond donors (Lipinski definition) is 4. The molecule has 0 atom stereocenters. The minimum atomic E-state index is -4.78. The number of ether oxygens (including phenoxy) is 1. The number of nitrogens with one attached hydrogen (secondary N) is 3. The van der Waals surface area contributed by atoms with Crippen LogP contribution in [0.3, 0.4) is 0 Å². The van der Waals surface area contributed by atoms with Gasteiger partial charge in [-0.1, -0.05) is 6.07 Å². The van der Waals surface area contributed by atoms with E-state index in [1.54, 1.807) is 18.3 Å². The molecule has 12 heteroatoms. The van der Waals surface area contributed by atoms with Crippen molar-refractivity contribution < 1.29 is 22.7 Å². The maximum absolute atomic E-state index is 12.3. The molecule has 38 heavy (non-hydrogen) atoms. The normalized spacial score (nSPS) is 11.0. The quantitative estimate of drug-likeness (QED) is 0.177. The number of nitrogens with two attached hydrogens (primary N) is 1. The van der Waals surface area contributed by atoms with Gasteiger partial charge in [0.1, 0.15) is 11.6 Å². The number of halogens is 3. The molecule has 196 valence electrons. The monoisotopic (exact) mass is 540 g/mol. The van der Waals surface area contributed by atoms with Crippen LogP contribution < -0.4 is 30.7 Å². The molecule has 0 unspecified atom stereocenters. The maximum Gasteiger partial charge on any atom is 0.573 e. The third-order valence-electron chi connectivity index (χ3n) is 5.23. The zero-order valence-electron chi connectivity index (χ0n) is 20.0. The summed E-state index contributed by atoms with van der Waals surface area (Å²) in [7, 11) is 1.91. The van der Waals surface area contributed by atoms with Crippen LogP contribution in [0, 0.1) is 0 Å². The Morgan fingerprint density at radius 1 is 0.895 bits per heavy atom. The topological polar surface area (TPSA) is 105 Å². The van der Waals surface area contributed by atoms with Gasteiger partial charge in [-0.3, -0.25) is 5.14 Å². The van der Waals surface area contributed by atoms with Crippen molar-refractivity contribution in [3.63, 3.8) is 0 Å². The molecule has 1 heterocycles. The van der Waals surface area contributed by atoms with E-state index in [1.165, 1.54) is 24.1 Å². The van der Waals surface area contributed by atoms with Crippen molar-refractivity contribution in [1.82, 2.24) is 4.98 Å². The highest BCUT2D eigenvalue weighted by atomic mass is 32.2. The van der Waals surface area contributed by atoms with Crippen molar-refractivity contribution in [1.29, 1.82) is 0 Å². The summed E-state index contributed by atoms with van der Waals surface area (Å²) in [5.41, 5.74) is 3.47. The van der Waals surface area contributed by atoms with E-state index < -0.39 is 12.4 Å². The highest BCUT2D eigenvalue weighted by molar-refractivity contribution is 7.97. The van der Waals surface area contributed by atoms with Crippen LogP contribution in [0.1, 0.15) is 0 Å². The van der Waals surface area contributed by atoms with Gasteiger partial charge in [-0.15, -0.1) is 13.2 Å². The zero-order chi connectivity index (χ0) is 27.1. The Bertz CT molecular complexity index is 1390. The van der Waals surface area contributed by atoms with Crippen LogP contribution in [0.5, 0.6) is 5.75 Å². The van der Waals surface area contributed by atoms with E-state index in [2.05, 4.69) is 25.7 Å². The van der Waals surface area contributed by atoms with Gasteiger partial charge >= 0.3 is 12.4 Å². The molecule has 0 aliphatic rings. The van der Waals surface area contributed by atoms with Gasteiger partial charge in [0, 0.05) is 52.6 Å². The predicted molar refractivity (Wildman–Crippen MR) is 144 cm³/mol. The van der Waals surface area contributed by atoms with Crippen LogP contribution in [0.2, 0.25) is 0 Å². The van der Waals surface area contributed by atoms with Gasteiger partial charge in [0.25, 0.3) is 0 Å². The summed E-state index contributed by atoms with van der Waals surface area (Å²) in [5.74, 6) is 0.293. The molecule has 8 nitrogen and oxygen atoms in total. The molecular formula is C26H23F3N6O2S. The number of carbonyl (C=O) groups excluding carboxylic acids is 1. The second kappa shape index (κ2) is 11.8. The molecule has 0 spiro atoms. The number of urea groups is 1. The smallest absolute Gasteiger partial charge is 0.406 e. The number of carbonyl (C=O) groups is 1. The Kier molecular flexibility index (Phi) is 8.24. The van der Waals surface area contributed by atoms with Crippen molar-refractivity contribution in [2.24, 2.45) is 5.14 Å². The summed E-state index contributed by atoms with van der Waals surface area (Å²) in [5, 5.41) is 14.2. The van der Waals surface area contributed by atoms with Crippen LogP contribution in [0.25, 0.3) is 0 Å². The number of alkyl halides is 3. The predicted octanol–water partition coefficient (Wildman–Crippen LogP) is 7.10. The molecule has 4 rings (SSSR count). The first kappa shape index (κ1) is 26.6. The van der Waals surface area contributed by atoms with E-state index in [-0.39, 0.29) is 5.75 Å². The second-order valence-electron chi connectivity index (χ2n) is 7.93. The summed E-state index contributed by atoms with van der Waals surface area (Å²) >= 11 is 1.17. The number of amides is 2. The van der Waals surface area contributed by atoms with Crippen LogP contribution >= 0.6 is 11.9 Å². The Hall–Kier alpha value is -4.42. The van der Waals surface area contributed by atoms with E-state index in [9.17, 15) is 18.0 Å². The third-order valence-corrected chi connectivity index (χ3v) is 5.76. The van der Waals surface area contributed by atoms with Crippen molar-refractivity contribution >= 4 is 52.2 Å². The minimum Gasteiger partial charge on any atom is -0.406 e. The van der Waals surface area contributed by atoms with Gasteiger partial charge in [-0.05, 0) is 84.7 Å². The van der Waals surface area contributed by atoms with E-state index in [1.807, 2.05) is 60.5 Å². The van der Waals surface area contributed by atoms with Crippen molar-refractivity contribution in [2.75, 3.05) is 27.9 Å². The van der Waals surface area contributed by atoms with Crippen LogP contribution in [0.15, 0.2) is 96.0 Å². The Labute approximate surface area is 221 Å². The van der Waals surface area contributed by atoms with E-state index in [4.69, 9.17) is 5.14 Å². The van der Waals surface area contributed by atoms with Gasteiger partial charge in [0.05, 0.1) is 0 Å². The molecule has 0 saturated heterocycles. The molecule has 0 aliphatic carbocycles. The SMILES string of the molecule is CN(c1ccc(NC(=O)Nc2ccc(OC(F)(F)F)cc2)cc1)c1ccnc(Nc2cccc(SN)c2)c1.